The minimum Gasteiger partial charge on any atom is -0.325 e. The van der Waals surface area contributed by atoms with Gasteiger partial charge in [0.15, 0.2) is 0 Å². The van der Waals surface area contributed by atoms with Crippen LogP contribution in [-0.2, 0) is 14.4 Å². The first-order valence-corrected chi connectivity index (χ1v) is 9.32. The van der Waals surface area contributed by atoms with Gasteiger partial charge in [0.25, 0.3) is 0 Å². The highest BCUT2D eigenvalue weighted by atomic mass is 35.5. The fourth-order valence-corrected chi connectivity index (χ4v) is 5.07. The first-order valence-electron chi connectivity index (χ1n) is 8.56. The molecule has 3 amide bonds. The van der Waals surface area contributed by atoms with Crippen molar-refractivity contribution in [2.75, 3.05) is 11.9 Å². The van der Waals surface area contributed by atoms with Crippen molar-refractivity contribution in [3.63, 3.8) is 0 Å². The van der Waals surface area contributed by atoms with Crippen molar-refractivity contribution in [3.05, 3.63) is 28.2 Å². The Bertz CT molecular complexity index is 739. The zero-order valence-electron chi connectivity index (χ0n) is 13.5. The lowest BCUT2D eigenvalue weighted by molar-refractivity contribution is -0.140. The Morgan fingerprint density at radius 3 is 2.40 bits per heavy atom. The summed E-state index contributed by atoms with van der Waals surface area (Å²) in [5.41, 5.74) is 0.424. The molecule has 25 heavy (non-hydrogen) atoms. The molecule has 5 nitrogen and oxygen atoms in total. The average Bonchev–Trinajstić information content (AvgIpc) is 3.25. The number of rotatable bonds is 4. The van der Waals surface area contributed by atoms with E-state index in [9.17, 15) is 14.4 Å². The van der Waals surface area contributed by atoms with Crippen LogP contribution in [0.1, 0.15) is 25.7 Å². The fourth-order valence-electron chi connectivity index (χ4n) is 4.72. The highest BCUT2D eigenvalue weighted by Crippen LogP contribution is 2.56. The van der Waals surface area contributed by atoms with E-state index in [4.69, 9.17) is 23.2 Å². The van der Waals surface area contributed by atoms with E-state index in [1.54, 1.807) is 18.2 Å². The maximum absolute atomic E-state index is 12.6. The van der Waals surface area contributed by atoms with Crippen LogP contribution in [0.3, 0.4) is 0 Å². The van der Waals surface area contributed by atoms with Crippen molar-refractivity contribution in [2.24, 2.45) is 23.7 Å². The van der Waals surface area contributed by atoms with Gasteiger partial charge in [-0.05, 0) is 43.2 Å². The van der Waals surface area contributed by atoms with Gasteiger partial charge >= 0.3 is 0 Å². The summed E-state index contributed by atoms with van der Waals surface area (Å²) in [6.07, 6.45) is 3.16. The maximum atomic E-state index is 12.6. The summed E-state index contributed by atoms with van der Waals surface area (Å²) in [7, 11) is 0. The highest BCUT2D eigenvalue weighted by Gasteiger charge is 2.60. The number of carbonyl (C=O) groups excluding carboxylic acids is 3. The molecule has 2 bridgehead atoms. The number of anilines is 1. The maximum Gasteiger partial charge on any atom is 0.233 e. The van der Waals surface area contributed by atoms with Crippen molar-refractivity contribution in [2.45, 2.75) is 25.7 Å². The van der Waals surface area contributed by atoms with Crippen LogP contribution in [0, 0.1) is 23.7 Å². The smallest absolute Gasteiger partial charge is 0.233 e. The van der Waals surface area contributed by atoms with Crippen molar-refractivity contribution >= 4 is 46.6 Å². The molecule has 1 aliphatic heterocycles. The lowest BCUT2D eigenvalue weighted by atomic mass is 9.81. The largest absolute Gasteiger partial charge is 0.325 e. The van der Waals surface area contributed by atoms with Gasteiger partial charge in [0, 0.05) is 13.0 Å². The van der Waals surface area contributed by atoms with Crippen molar-refractivity contribution < 1.29 is 14.4 Å². The number of hydrogen-bond acceptors (Lipinski definition) is 3. The lowest BCUT2D eigenvalue weighted by Crippen LogP contribution is -2.35. The Balaban J connectivity index is 1.38. The fraction of sp³-hybridized carbons (Fsp3) is 0.500. The average molecular weight is 381 g/mol. The molecular formula is C18H18Cl2N2O3. The van der Waals surface area contributed by atoms with Crippen molar-refractivity contribution in [1.29, 1.82) is 0 Å². The summed E-state index contributed by atoms with van der Waals surface area (Å²) in [4.78, 5) is 38.6. The Labute approximate surface area is 155 Å². The minimum absolute atomic E-state index is 0.0507. The van der Waals surface area contributed by atoms with Gasteiger partial charge in [-0.15, -0.1) is 0 Å². The number of imide groups is 1. The summed E-state index contributed by atoms with van der Waals surface area (Å²) in [6.45, 7) is 0.119. The van der Waals surface area contributed by atoms with Crippen LogP contribution in [0.25, 0.3) is 0 Å². The zero-order valence-corrected chi connectivity index (χ0v) is 15.0. The Morgan fingerprint density at radius 1 is 1.12 bits per heavy atom. The van der Waals surface area contributed by atoms with E-state index in [0.29, 0.717) is 22.5 Å². The van der Waals surface area contributed by atoms with E-state index in [1.165, 1.54) is 4.90 Å². The van der Waals surface area contributed by atoms with Crippen LogP contribution in [0.5, 0.6) is 0 Å². The standard InChI is InChI=1S/C18H18Cl2N2O3/c19-11-2-1-3-12(16(11)20)21-13(23)6-7-22-17(24)14-9-4-5-10(8-9)15(14)18(22)25/h1-3,9-10,14-15H,4-8H2,(H,21,23)/t9-,10-,14-,15-/m0/s1. The topological polar surface area (TPSA) is 66.5 Å². The molecule has 4 rings (SSSR count). The van der Waals surface area contributed by atoms with E-state index < -0.39 is 0 Å². The molecule has 3 fully saturated rings. The number of nitrogens with one attached hydrogen (secondary N) is 1. The molecule has 0 unspecified atom stereocenters. The number of nitrogens with zero attached hydrogens (tertiary/aromatic N) is 1. The molecule has 4 atom stereocenters. The minimum atomic E-state index is -0.301. The number of hydrogen-bond donors (Lipinski definition) is 1. The van der Waals surface area contributed by atoms with Crippen LogP contribution in [-0.4, -0.2) is 29.2 Å². The third-order valence-electron chi connectivity index (χ3n) is 5.81. The van der Waals surface area contributed by atoms with Gasteiger partial charge < -0.3 is 5.32 Å². The summed E-state index contributed by atoms with van der Waals surface area (Å²) in [5.74, 6) is -0.0455. The van der Waals surface area contributed by atoms with Crippen LogP contribution in [0.15, 0.2) is 18.2 Å². The number of halogens is 2. The van der Waals surface area contributed by atoms with Crippen LogP contribution >= 0.6 is 23.2 Å². The number of benzene rings is 1. The number of likely N-dealkylation sites (tertiary alicyclic amines) is 1. The van der Waals surface area contributed by atoms with E-state index in [1.807, 2.05) is 0 Å². The molecule has 1 heterocycles. The van der Waals surface area contributed by atoms with Crippen LogP contribution < -0.4 is 5.32 Å². The quantitative estimate of drug-likeness (QED) is 0.814. The Hall–Kier alpha value is -1.59. The molecule has 1 aromatic carbocycles. The number of fused-ring (bicyclic) bond motifs is 5. The lowest BCUT2D eigenvalue weighted by Gasteiger charge is -2.19. The molecule has 2 aliphatic carbocycles. The van der Waals surface area contributed by atoms with Crippen molar-refractivity contribution in [1.82, 2.24) is 4.90 Å². The van der Waals surface area contributed by atoms with Gasteiger partial charge in [-0.1, -0.05) is 29.3 Å². The zero-order chi connectivity index (χ0) is 17.7. The predicted molar refractivity (Wildman–Crippen MR) is 94.2 cm³/mol. The summed E-state index contributed by atoms with van der Waals surface area (Å²) < 4.78 is 0. The van der Waals surface area contributed by atoms with Gasteiger partial charge in [-0.2, -0.15) is 0 Å². The van der Waals surface area contributed by atoms with E-state index >= 15 is 0 Å². The Kier molecular flexibility index (Phi) is 4.24. The molecule has 1 saturated heterocycles. The second kappa shape index (κ2) is 6.29. The second-order valence-corrected chi connectivity index (χ2v) is 7.90. The molecule has 0 spiro atoms. The third kappa shape index (κ3) is 2.74. The molecule has 2 saturated carbocycles. The SMILES string of the molecule is O=C(CCN1C(=O)[C@H]2[C@H]3CC[C@@H](C3)[C@@H]2C1=O)Nc1cccc(Cl)c1Cl. The third-order valence-corrected chi connectivity index (χ3v) is 6.63. The predicted octanol–water partition coefficient (Wildman–Crippen LogP) is 3.35. The van der Waals surface area contributed by atoms with Gasteiger partial charge in [0.1, 0.15) is 0 Å². The highest BCUT2D eigenvalue weighted by molar-refractivity contribution is 6.44. The molecule has 1 N–H and O–H groups in total. The normalized spacial score (nSPS) is 30.1. The molecule has 7 heteroatoms. The summed E-state index contributed by atoms with van der Waals surface area (Å²) >= 11 is 12.0. The van der Waals surface area contributed by atoms with E-state index in [-0.39, 0.29) is 47.5 Å². The van der Waals surface area contributed by atoms with E-state index in [0.717, 1.165) is 19.3 Å². The van der Waals surface area contributed by atoms with Gasteiger partial charge in [-0.3, -0.25) is 19.3 Å². The number of amides is 3. The number of carbonyl (C=O) groups is 3. The Morgan fingerprint density at radius 2 is 1.76 bits per heavy atom. The van der Waals surface area contributed by atoms with Gasteiger partial charge in [0.2, 0.25) is 17.7 Å². The summed E-state index contributed by atoms with van der Waals surface area (Å²) in [6, 6.07) is 4.98. The molecule has 3 aliphatic rings. The molecule has 0 radical (unpaired) electrons. The molecule has 1 aromatic rings. The monoisotopic (exact) mass is 380 g/mol. The molecular weight excluding hydrogens is 363 g/mol. The first kappa shape index (κ1) is 16.9. The van der Waals surface area contributed by atoms with Gasteiger partial charge in [-0.25, -0.2) is 0 Å². The molecule has 0 aromatic heterocycles. The second-order valence-electron chi connectivity index (χ2n) is 7.11. The first-order chi connectivity index (χ1) is 12.0. The summed E-state index contributed by atoms with van der Waals surface area (Å²) in [5, 5.41) is 3.31. The van der Waals surface area contributed by atoms with Gasteiger partial charge in [0.05, 0.1) is 27.6 Å². The van der Waals surface area contributed by atoms with E-state index in [2.05, 4.69) is 5.32 Å². The van der Waals surface area contributed by atoms with Crippen LogP contribution in [0.2, 0.25) is 10.0 Å². The van der Waals surface area contributed by atoms with Crippen LogP contribution in [0.4, 0.5) is 5.69 Å². The molecule has 132 valence electrons. The van der Waals surface area contributed by atoms with Crippen molar-refractivity contribution in [3.8, 4) is 0 Å².